The lowest BCUT2D eigenvalue weighted by Gasteiger charge is -2.17. The van der Waals surface area contributed by atoms with Crippen LogP contribution in [-0.4, -0.2) is 9.13 Å². The maximum Gasteiger partial charge on any atom is 0.0541 e. The molecule has 12 aromatic carbocycles. The molecule has 0 N–H and O–H groups in total. The minimum Gasteiger partial charge on any atom is -0.309 e. The van der Waals surface area contributed by atoms with E-state index in [2.05, 4.69) is 276 Å². The normalized spacial score (nSPS) is 11.9. The molecule has 0 amide bonds. The smallest absolute Gasteiger partial charge is 0.0541 e. The number of fused-ring (bicyclic) bond motifs is 10. The lowest BCUT2D eigenvalue weighted by Crippen LogP contribution is -1.98. The Morgan fingerprint density at radius 3 is 1.01 bits per heavy atom. The van der Waals surface area contributed by atoms with Crippen molar-refractivity contribution in [3.05, 3.63) is 278 Å². The first-order valence-corrected chi connectivity index (χ1v) is 28.1. The number of hydrogen-bond acceptors (Lipinski definition) is 2. The Morgan fingerprint density at radius 1 is 0.247 bits per heavy atom. The largest absolute Gasteiger partial charge is 0.309 e. The summed E-state index contributed by atoms with van der Waals surface area (Å²) in [5.74, 6) is 0. The summed E-state index contributed by atoms with van der Waals surface area (Å²) in [4.78, 5) is 5.12. The highest BCUT2D eigenvalue weighted by Crippen LogP contribution is 2.50. The number of aromatic nitrogens is 2. The Balaban J connectivity index is 0.767. The molecule has 4 aromatic heterocycles. The van der Waals surface area contributed by atoms with Crippen LogP contribution in [0.5, 0.6) is 0 Å². The Bertz CT molecular complexity index is 4800. The third kappa shape index (κ3) is 6.93. The van der Waals surface area contributed by atoms with E-state index in [9.17, 15) is 0 Å². The SMILES string of the molecule is c1cc(Cc2c3ccccc3c(-c3ccc(-c4ccc(-c5c6ccccc6c(-c6ccc(-n7c8ccccc8c8ccccc87)cc6)c6ccccc56)s4)s3)c3ccccc23)cc(-n2c3ccccc3c3ccccc32)c1. The standard InChI is InChI=1S/C73H46N2S2/c1-3-26-56-50(20-1)62(45-46-18-17-19-49(44-46)75-65-34-15-11-24-54(65)55-25-12-16-35-66(55)75)51-21-2-4-27-57(51)72(56)69-42-40-67(76-69)68-41-43-70(77-68)73-60-30-7-5-28-58(60)71(59-29-6-8-31-61(59)73)47-36-38-48(39-37-47)74-63-32-13-9-22-52(63)53-23-10-14-33-64(53)74/h1-44H,45H2. The van der Waals surface area contributed by atoms with Crippen LogP contribution in [0.4, 0.5) is 0 Å². The molecule has 0 saturated carbocycles. The molecule has 0 saturated heterocycles. The highest BCUT2D eigenvalue weighted by atomic mass is 32.1. The zero-order valence-corrected chi connectivity index (χ0v) is 43.5. The van der Waals surface area contributed by atoms with E-state index in [1.807, 2.05) is 22.7 Å². The predicted octanol–water partition coefficient (Wildman–Crippen LogP) is 20.9. The van der Waals surface area contributed by atoms with Crippen molar-refractivity contribution in [1.82, 2.24) is 9.13 Å². The third-order valence-corrected chi connectivity index (χ3v) is 18.4. The minimum absolute atomic E-state index is 0.820. The van der Waals surface area contributed by atoms with Gasteiger partial charge in [0.1, 0.15) is 0 Å². The molecule has 0 aliphatic rings. The van der Waals surface area contributed by atoms with Gasteiger partial charge in [0.2, 0.25) is 0 Å². The molecular formula is C73H46N2S2. The van der Waals surface area contributed by atoms with Gasteiger partial charge in [-0.25, -0.2) is 0 Å². The average molecular weight is 1020 g/mol. The van der Waals surface area contributed by atoms with E-state index in [4.69, 9.17) is 0 Å². The summed E-state index contributed by atoms with van der Waals surface area (Å²) in [5, 5.41) is 15.3. The monoisotopic (exact) mass is 1010 g/mol. The van der Waals surface area contributed by atoms with Crippen LogP contribution >= 0.6 is 22.7 Å². The van der Waals surface area contributed by atoms with Gasteiger partial charge in [-0.3, -0.25) is 0 Å². The summed E-state index contributed by atoms with van der Waals surface area (Å²) in [6.07, 6.45) is 0.820. The Hall–Kier alpha value is -9.32. The van der Waals surface area contributed by atoms with Gasteiger partial charge in [-0.15, -0.1) is 22.7 Å². The third-order valence-electron chi connectivity index (χ3n) is 16.0. The van der Waals surface area contributed by atoms with Gasteiger partial charge in [0.25, 0.3) is 0 Å². The number of nitrogens with zero attached hydrogens (tertiary/aromatic N) is 2. The fourth-order valence-electron chi connectivity index (χ4n) is 12.8. The van der Waals surface area contributed by atoms with Crippen molar-refractivity contribution in [3.8, 4) is 53.1 Å². The highest BCUT2D eigenvalue weighted by Gasteiger charge is 2.22. The van der Waals surface area contributed by atoms with Crippen LogP contribution in [0.2, 0.25) is 0 Å². The van der Waals surface area contributed by atoms with Crippen molar-refractivity contribution in [3.63, 3.8) is 0 Å². The molecule has 0 bridgehead atoms. The van der Waals surface area contributed by atoms with Gasteiger partial charge in [-0.1, -0.05) is 194 Å². The van der Waals surface area contributed by atoms with Gasteiger partial charge < -0.3 is 9.13 Å². The van der Waals surface area contributed by atoms with E-state index in [0.29, 0.717) is 0 Å². The zero-order chi connectivity index (χ0) is 50.6. The summed E-state index contributed by atoms with van der Waals surface area (Å²) in [6.45, 7) is 0. The molecule has 4 heteroatoms. The molecule has 77 heavy (non-hydrogen) atoms. The zero-order valence-electron chi connectivity index (χ0n) is 41.8. The highest BCUT2D eigenvalue weighted by molar-refractivity contribution is 7.25. The van der Waals surface area contributed by atoms with Crippen molar-refractivity contribution in [1.29, 1.82) is 0 Å². The van der Waals surface area contributed by atoms with Crippen molar-refractivity contribution in [2.75, 3.05) is 0 Å². The predicted molar refractivity (Wildman–Crippen MR) is 332 cm³/mol. The maximum absolute atomic E-state index is 2.42. The van der Waals surface area contributed by atoms with Crippen LogP contribution in [0.3, 0.4) is 0 Å². The topological polar surface area (TPSA) is 9.86 Å². The maximum atomic E-state index is 2.42. The number of thiophene rings is 2. The van der Waals surface area contributed by atoms with Crippen LogP contribution < -0.4 is 0 Å². The Labute approximate surface area is 453 Å². The van der Waals surface area contributed by atoms with Gasteiger partial charge >= 0.3 is 0 Å². The van der Waals surface area contributed by atoms with Crippen LogP contribution in [-0.2, 0) is 6.42 Å². The summed E-state index contributed by atoms with van der Waals surface area (Å²) in [7, 11) is 0. The molecule has 16 aromatic rings. The number of hydrogen-bond donors (Lipinski definition) is 0. The second kappa shape index (κ2) is 17.6. The van der Waals surface area contributed by atoms with Gasteiger partial charge in [-0.05, 0) is 145 Å². The van der Waals surface area contributed by atoms with Gasteiger partial charge in [-0.2, -0.15) is 0 Å². The van der Waals surface area contributed by atoms with E-state index >= 15 is 0 Å². The first-order valence-electron chi connectivity index (χ1n) is 26.4. The molecule has 2 nitrogen and oxygen atoms in total. The summed E-state index contributed by atoms with van der Waals surface area (Å²) < 4.78 is 4.82. The Kier molecular flexibility index (Phi) is 10.1. The van der Waals surface area contributed by atoms with Crippen molar-refractivity contribution in [2.24, 2.45) is 0 Å². The Morgan fingerprint density at radius 2 is 0.584 bits per heavy atom. The van der Waals surface area contributed by atoms with E-state index in [0.717, 1.165) is 12.1 Å². The number of rotatable bonds is 8. The summed E-state index contributed by atoms with van der Waals surface area (Å²) >= 11 is 3.80. The first-order chi connectivity index (χ1) is 38.2. The molecule has 16 rings (SSSR count). The summed E-state index contributed by atoms with van der Waals surface area (Å²) in [5.41, 5.74) is 15.0. The van der Waals surface area contributed by atoms with Crippen LogP contribution in [0.1, 0.15) is 11.1 Å². The first kappa shape index (κ1) is 44.0. The molecule has 0 fully saturated rings. The lowest BCUT2D eigenvalue weighted by atomic mass is 9.88. The number of benzene rings is 12. The molecule has 0 unspecified atom stereocenters. The van der Waals surface area contributed by atoms with Gasteiger partial charge in [0.05, 0.1) is 22.1 Å². The van der Waals surface area contributed by atoms with E-state index in [1.54, 1.807) is 0 Å². The second-order valence-corrected chi connectivity index (χ2v) is 22.4. The molecule has 0 aliphatic heterocycles. The minimum atomic E-state index is 0.820. The second-order valence-electron chi connectivity index (χ2n) is 20.2. The summed E-state index contributed by atoms with van der Waals surface area (Å²) in [6, 6.07) is 98.9. The van der Waals surface area contributed by atoms with Gasteiger partial charge in [0, 0.05) is 63.6 Å². The molecule has 0 radical (unpaired) electrons. The lowest BCUT2D eigenvalue weighted by molar-refractivity contribution is 1.15. The fraction of sp³-hybridized carbons (Fsp3) is 0.0137. The molecule has 360 valence electrons. The van der Waals surface area contributed by atoms with E-state index < -0.39 is 0 Å². The van der Waals surface area contributed by atoms with Crippen LogP contribution in [0.15, 0.2) is 267 Å². The fourth-order valence-corrected chi connectivity index (χ4v) is 15.0. The number of para-hydroxylation sites is 4. The quantitative estimate of drug-likeness (QED) is 0.134. The molecule has 0 spiro atoms. The van der Waals surface area contributed by atoms with Crippen LogP contribution in [0.25, 0.3) is 140 Å². The molecule has 0 aliphatic carbocycles. The van der Waals surface area contributed by atoms with Crippen LogP contribution in [0, 0.1) is 0 Å². The molecule has 4 heterocycles. The van der Waals surface area contributed by atoms with Crippen molar-refractivity contribution < 1.29 is 0 Å². The van der Waals surface area contributed by atoms with Gasteiger partial charge in [0.15, 0.2) is 0 Å². The molecule has 0 atom stereocenters. The van der Waals surface area contributed by atoms with Crippen molar-refractivity contribution in [2.45, 2.75) is 6.42 Å². The van der Waals surface area contributed by atoms with E-state index in [-0.39, 0.29) is 0 Å². The van der Waals surface area contributed by atoms with E-state index in [1.165, 1.54) is 145 Å². The average Bonchev–Trinajstić information content (AvgIpc) is 4.39. The molecular weight excluding hydrogens is 969 g/mol. The van der Waals surface area contributed by atoms with Crippen molar-refractivity contribution >= 4 is 109 Å².